The Morgan fingerprint density at radius 2 is 2.29 bits per heavy atom. The lowest BCUT2D eigenvalue weighted by Gasteiger charge is -2.02. The van der Waals surface area contributed by atoms with E-state index in [0.29, 0.717) is 24.2 Å². The van der Waals surface area contributed by atoms with E-state index in [1.807, 2.05) is 0 Å². The highest BCUT2D eigenvalue weighted by Crippen LogP contribution is 2.22. The molecule has 0 bridgehead atoms. The van der Waals surface area contributed by atoms with Crippen LogP contribution in [0.1, 0.15) is 18.4 Å². The monoisotopic (exact) mass is 235 g/mol. The molecule has 0 aliphatic carbocycles. The van der Waals surface area contributed by atoms with E-state index < -0.39 is 4.92 Å². The summed E-state index contributed by atoms with van der Waals surface area (Å²) in [6.07, 6.45) is 1.13. The van der Waals surface area contributed by atoms with Crippen molar-refractivity contribution in [2.24, 2.45) is 0 Å². The van der Waals surface area contributed by atoms with Gasteiger partial charge in [0.1, 0.15) is 5.75 Å². The molecule has 1 rings (SSSR count). The van der Waals surface area contributed by atoms with Crippen molar-refractivity contribution < 1.29 is 14.8 Å². The molecule has 0 spiro atoms. The molecule has 0 saturated heterocycles. The van der Waals surface area contributed by atoms with Crippen molar-refractivity contribution in [2.75, 3.05) is 13.7 Å². The van der Waals surface area contributed by atoms with Crippen LogP contribution in [0.15, 0.2) is 18.2 Å². The number of nitrogens with zero attached hydrogens (tertiary/aromatic N) is 1. The maximum Gasteiger partial charge on any atom is 0.270 e. The molecule has 0 heterocycles. The van der Waals surface area contributed by atoms with Gasteiger partial charge in [0.25, 0.3) is 5.69 Å². The van der Waals surface area contributed by atoms with Gasteiger partial charge in [-0.3, -0.25) is 10.1 Å². The summed E-state index contributed by atoms with van der Waals surface area (Å²) in [6, 6.07) is 4.27. The van der Waals surface area contributed by atoms with E-state index in [1.54, 1.807) is 0 Å². The van der Waals surface area contributed by atoms with Gasteiger partial charge in [-0.25, -0.2) is 0 Å². The van der Waals surface area contributed by atoms with Crippen molar-refractivity contribution >= 4 is 5.69 Å². The molecular weight excluding hydrogens is 222 g/mol. The second-order valence-electron chi connectivity index (χ2n) is 3.27. The van der Waals surface area contributed by atoms with Crippen molar-refractivity contribution in [3.05, 3.63) is 33.9 Å². The van der Waals surface area contributed by atoms with Crippen molar-refractivity contribution in [3.8, 4) is 17.6 Å². The fraction of sp³-hybridized carbons (Fsp3) is 0.333. The predicted octanol–water partition coefficient (Wildman–Crippen LogP) is 1.73. The third-order valence-corrected chi connectivity index (χ3v) is 2.08. The van der Waals surface area contributed by atoms with E-state index in [1.165, 1.54) is 25.3 Å². The number of aliphatic hydroxyl groups is 1. The molecule has 0 fully saturated rings. The van der Waals surface area contributed by atoms with Crippen LogP contribution in [0.2, 0.25) is 0 Å². The molecule has 0 aromatic heterocycles. The first-order valence-electron chi connectivity index (χ1n) is 5.11. The van der Waals surface area contributed by atoms with Crippen LogP contribution in [0.4, 0.5) is 5.69 Å². The number of rotatable bonds is 4. The van der Waals surface area contributed by atoms with E-state index in [9.17, 15) is 10.1 Å². The Kier molecular flexibility index (Phi) is 4.98. The maximum absolute atomic E-state index is 10.6. The van der Waals surface area contributed by atoms with Crippen LogP contribution in [0, 0.1) is 22.0 Å². The average Bonchev–Trinajstić information content (AvgIpc) is 2.34. The Morgan fingerprint density at radius 1 is 1.53 bits per heavy atom. The smallest absolute Gasteiger partial charge is 0.270 e. The van der Waals surface area contributed by atoms with Crippen molar-refractivity contribution in [1.29, 1.82) is 0 Å². The van der Waals surface area contributed by atoms with E-state index in [0.717, 1.165) is 0 Å². The topological polar surface area (TPSA) is 72.6 Å². The minimum atomic E-state index is -0.474. The second-order valence-corrected chi connectivity index (χ2v) is 3.27. The lowest BCUT2D eigenvalue weighted by atomic mass is 10.1. The number of unbranched alkanes of at least 4 members (excludes halogenated alkanes) is 1. The fourth-order valence-corrected chi connectivity index (χ4v) is 1.23. The summed E-state index contributed by atoms with van der Waals surface area (Å²) in [5.41, 5.74) is 0.469. The molecular formula is C12H13NO4. The van der Waals surface area contributed by atoms with Crippen LogP contribution < -0.4 is 4.74 Å². The van der Waals surface area contributed by atoms with Crippen molar-refractivity contribution in [3.63, 3.8) is 0 Å². The third kappa shape index (κ3) is 3.78. The molecule has 0 saturated carbocycles. The van der Waals surface area contributed by atoms with Gasteiger partial charge in [0.15, 0.2) is 0 Å². The predicted molar refractivity (Wildman–Crippen MR) is 62.8 cm³/mol. The number of hydrogen-bond acceptors (Lipinski definition) is 4. The molecule has 17 heavy (non-hydrogen) atoms. The lowest BCUT2D eigenvalue weighted by Crippen LogP contribution is -1.92. The van der Waals surface area contributed by atoms with Gasteiger partial charge in [0.05, 0.1) is 17.6 Å². The SMILES string of the molecule is COc1ccc([N+](=O)[O-])cc1C#CCCCO. The van der Waals surface area contributed by atoms with Gasteiger partial charge in [-0.1, -0.05) is 11.8 Å². The number of nitro benzene ring substituents is 1. The van der Waals surface area contributed by atoms with Gasteiger partial charge in [0.2, 0.25) is 0 Å². The van der Waals surface area contributed by atoms with E-state index >= 15 is 0 Å². The van der Waals surface area contributed by atoms with Crippen LogP contribution >= 0.6 is 0 Å². The number of nitro groups is 1. The van der Waals surface area contributed by atoms with E-state index in [-0.39, 0.29) is 12.3 Å². The van der Waals surface area contributed by atoms with Gasteiger partial charge in [-0.2, -0.15) is 0 Å². The van der Waals surface area contributed by atoms with Crippen LogP contribution in [-0.4, -0.2) is 23.7 Å². The van der Waals surface area contributed by atoms with Gasteiger partial charge in [-0.15, -0.1) is 0 Å². The minimum absolute atomic E-state index is 0.0164. The molecule has 1 N–H and O–H groups in total. The number of aliphatic hydroxyl groups excluding tert-OH is 1. The number of methoxy groups -OCH3 is 1. The number of benzene rings is 1. The van der Waals surface area contributed by atoms with Crippen molar-refractivity contribution in [1.82, 2.24) is 0 Å². The highest BCUT2D eigenvalue weighted by molar-refractivity contribution is 5.52. The summed E-state index contributed by atoms with van der Waals surface area (Å²) in [4.78, 5) is 10.1. The zero-order chi connectivity index (χ0) is 12.7. The number of ether oxygens (including phenoxy) is 1. The van der Waals surface area contributed by atoms with Crippen LogP contribution in [0.5, 0.6) is 5.75 Å². The quantitative estimate of drug-likeness (QED) is 0.373. The number of hydrogen-bond donors (Lipinski definition) is 1. The first-order chi connectivity index (χ1) is 8.19. The summed E-state index contributed by atoms with van der Waals surface area (Å²) in [5, 5.41) is 19.2. The van der Waals surface area contributed by atoms with Crippen molar-refractivity contribution in [2.45, 2.75) is 12.8 Å². The first kappa shape index (κ1) is 13.0. The summed E-state index contributed by atoms with van der Waals surface area (Å²) < 4.78 is 5.06. The largest absolute Gasteiger partial charge is 0.495 e. The molecule has 0 amide bonds. The fourth-order valence-electron chi connectivity index (χ4n) is 1.23. The molecule has 0 unspecified atom stereocenters. The van der Waals surface area contributed by atoms with Crippen LogP contribution in [0.3, 0.4) is 0 Å². The second kappa shape index (κ2) is 6.51. The molecule has 90 valence electrons. The Labute approximate surface area is 99.2 Å². The molecule has 0 aliphatic heterocycles. The first-order valence-corrected chi connectivity index (χ1v) is 5.11. The zero-order valence-corrected chi connectivity index (χ0v) is 9.47. The molecule has 1 aromatic carbocycles. The lowest BCUT2D eigenvalue weighted by molar-refractivity contribution is -0.384. The van der Waals surface area contributed by atoms with E-state index in [2.05, 4.69) is 11.8 Å². The molecule has 0 atom stereocenters. The van der Waals surface area contributed by atoms with Crippen LogP contribution in [0.25, 0.3) is 0 Å². The highest BCUT2D eigenvalue weighted by Gasteiger charge is 2.09. The molecule has 5 heteroatoms. The molecule has 0 aliphatic rings. The Balaban J connectivity index is 2.96. The maximum atomic E-state index is 10.6. The average molecular weight is 235 g/mol. The summed E-state index contributed by atoms with van der Waals surface area (Å²) in [6.45, 7) is 0.0841. The van der Waals surface area contributed by atoms with E-state index in [4.69, 9.17) is 9.84 Å². The van der Waals surface area contributed by atoms with Crippen LogP contribution in [-0.2, 0) is 0 Å². The van der Waals surface area contributed by atoms with Gasteiger partial charge in [-0.05, 0) is 12.5 Å². The third-order valence-electron chi connectivity index (χ3n) is 2.08. The minimum Gasteiger partial charge on any atom is -0.495 e. The summed E-state index contributed by atoms with van der Waals surface area (Å²) in [5.74, 6) is 6.14. The summed E-state index contributed by atoms with van der Waals surface area (Å²) in [7, 11) is 1.49. The molecule has 5 nitrogen and oxygen atoms in total. The van der Waals surface area contributed by atoms with Gasteiger partial charge in [0, 0.05) is 25.2 Å². The Hall–Kier alpha value is -2.06. The van der Waals surface area contributed by atoms with Gasteiger partial charge < -0.3 is 9.84 Å². The Bertz CT molecular complexity index is 459. The normalized spacial score (nSPS) is 9.29. The van der Waals surface area contributed by atoms with Gasteiger partial charge >= 0.3 is 0 Å². The molecule has 0 radical (unpaired) electrons. The zero-order valence-electron chi connectivity index (χ0n) is 9.47. The standard InChI is InChI=1S/C12H13NO4/c1-17-12-7-6-11(13(15)16)9-10(12)5-3-2-4-8-14/h6-7,9,14H,2,4,8H2,1H3. The summed E-state index contributed by atoms with van der Waals surface area (Å²) >= 11 is 0. The Morgan fingerprint density at radius 3 is 2.88 bits per heavy atom. The molecule has 1 aromatic rings. The number of non-ortho nitro benzene ring substituents is 1. The highest BCUT2D eigenvalue weighted by atomic mass is 16.6.